The highest BCUT2D eigenvalue weighted by Crippen LogP contribution is 2.32. The average Bonchev–Trinajstić information content (AvgIpc) is 3.59. The highest BCUT2D eigenvalue weighted by molar-refractivity contribution is 6.09. The van der Waals surface area contributed by atoms with Crippen LogP contribution < -0.4 is 16.0 Å². The molecule has 4 rings (SSSR count). The smallest absolute Gasteiger partial charge is 0.253 e. The van der Waals surface area contributed by atoms with Crippen molar-refractivity contribution < 1.29 is 14.4 Å². The number of nitrogens with one attached hydrogen (secondary N) is 3. The van der Waals surface area contributed by atoms with E-state index in [4.69, 9.17) is 0 Å². The fourth-order valence-electron chi connectivity index (χ4n) is 3.93. The van der Waals surface area contributed by atoms with Gasteiger partial charge in [-0.3, -0.25) is 14.4 Å². The topological polar surface area (TPSA) is 87.3 Å². The van der Waals surface area contributed by atoms with Crippen LogP contribution in [0.4, 0.5) is 11.4 Å². The first-order chi connectivity index (χ1) is 15.3. The summed E-state index contributed by atoms with van der Waals surface area (Å²) in [5, 5.41) is 10.3. The number of amides is 3. The lowest BCUT2D eigenvalue weighted by Crippen LogP contribution is -2.33. The van der Waals surface area contributed by atoms with Gasteiger partial charge in [0.2, 0.25) is 11.8 Å². The summed E-state index contributed by atoms with van der Waals surface area (Å²) in [7, 11) is 0. The van der Waals surface area contributed by atoms with Crippen molar-refractivity contribution in [1.29, 1.82) is 0 Å². The molecule has 1 fully saturated rings. The molecule has 3 N–H and O–H groups in total. The predicted molar refractivity (Wildman–Crippen MR) is 127 cm³/mol. The van der Waals surface area contributed by atoms with Crippen molar-refractivity contribution in [2.45, 2.75) is 33.6 Å². The zero-order valence-electron chi connectivity index (χ0n) is 18.5. The minimum absolute atomic E-state index is 0.0177. The number of carbonyl (C=O) groups is 3. The van der Waals surface area contributed by atoms with Gasteiger partial charge in [0.25, 0.3) is 5.91 Å². The number of hydrogen-bond acceptors (Lipinski definition) is 3. The molecule has 3 aromatic rings. The van der Waals surface area contributed by atoms with Crippen molar-refractivity contribution in [3.05, 3.63) is 70.8 Å². The minimum Gasteiger partial charge on any atom is -0.343 e. The van der Waals surface area contributed by atoms with Gasteiger partial charge < -0.3 is 16.0 Å². The summed E-state index contributed by atoms with van der Waals surface area (Å²) >= 11 is 0. The second-order valence-corrected chi connectivity index (χ2v) is 8.51. The zero-order valence-corrected chi connectivity index (χ0v) is 18.5. The Kier molecular flexibility index (Phi) is 5.95. The highest BCUT2D eigenvalue weighted by atomic mass is 16.2. The van der Waals surface area contributed by atoms with E-state index in [2.05, 4.69) is 16.0 Å². The highest BCUT2D eigenvalue weighted by Gasteiger charge is 2.30. The summed E-state index contributed by atoms with van der Waals surface area (Å²) in [5.41, 5.74) is 4.64. The Morgan fingerprint density at radius 1 is 0.875 bits per heavy atom. The molecule has 6 nitrogen and oxygen atoms in total. The molecule has 0 aliphatic heterocycles. The van der Waals surface area contributed by atoms with Crippen LogP contribution in [0.2, 0.25) is 0 Å². The van der Waals surface area contributed by atoms with Crippen LogP contribution in [0.5, 0.6) is 0 Å². The number of aryl methyl sites for hydroxylation is 3. The molecule has 0 bridgehead atoms. The molecule has 164 valence electrons. The second-order valence-electron chi connectivity index (χ2n) is 8.51. The molecule has 0 unspecified atom stereocenters. The molecule has 3 amide bonds. The molecular weight excluding hydrogens is 402 g/mol. The summed E-state index contributed by atoms with van der Waals surface area (Å²) in [6, 6.07) is 15.2. The van der Waals surface area contributed by atoms with Gasteiger partial charge in [0, 0.05) is 11.6 Å². The third kappa shape index (κ3) is 4.80. The summed E-state index contributed by atoms with van der Waals surface area (Å²) in [6.07, 6.45) is 1.75. The predicted octanol–water partition coefficient (Wildman–Crippen LogP) is 4.48. The molecule has 0 radical (unpaired) electrons. The number of carbonyl (C=O) groups excluding carboxylic acids is 3. The van der Waals surface area contributed by atoms with Gasteiger partial charge in [-0.15, -0.1) is 0 Å². The Labute approximate surface area is 187 Å². The van der Waals surface area contributed by atoms with E-state index in [1.54, 1.807) is 6.07 Å². The van der Waals surface area contributed by atoms with E-state index >= 15 is 0 Å². The van der Waals surface area contributed by atoms with Gasteiger partial charge in [0.05, 0.1) is 17.8 Å². The van der Waals surface area contributed by atoms with Crippen LogP contribution in [0.25, 0.3) is 10.8 Å². The molecule has 6 heteroatoms. The molecule has 0 atom stereocenters. The van der Waals surface area contributed by atoms with Crippen molar-refractivity contribution in [3.63, 3.8) is 0 Å². The quantitative estimate of drug-likeness (QED) is 0.540. The van der Waals surface area contributed by atoms with Crippen LogP contribution in [0.1, 0.15) is 39.9 Å². The molecule has 1 aliphatic carbocycles. The molecule has 0 heterocycles. The SMILES string of the molecule is Cc1cc(C)c(NC(=O)CNC(=O)c2cc3ccccc3cc2NC(=O)C2CC2)c(C)c1. The number of hydrogen-bond donors (Lipinski definition) is 3. The van der Waals surface area contributed by atoms with Crippen molar-refractivity contribution in [2.75, 3.05) is 17.2 Å². The Hall–Kier alpha value is -3.67. The molecule has 1 aliphatic rings. The van der Waals surface area contributed by atoms with E-state index in [1.807, 2.05) is 63.2 Å². The molecular formula is C26H27N3O3. The summed E-state index contributed by atoms with van der Waals surface area (Å²) in [4.78, 5) is 37.8. The lowest BCUT2D eigenvalue weighted by atomic mass is 10.0. The van der Waals surface area contributed by atoms with Crippen molar-refractivity contribution in [1.82, 2.24) is 5.32 Å². The monoisotopic (exact) mass is 429 g/mol. The summed E-state index contributed by atoms with van der Waals surface area (Å²) < 4.78 is 0. The van der Waals surface area contributed by atoms with E-state index in [9.17, 15) is 14.4 Å². The maximum atomic E-state index is 13.0. The maximum Gasteiger partial charge on any atom is 0.253 e. The van der Waals surface area contributed by atoms with E-state index < -0.39 is 5.91 Å². The van der Waals surface area contributed by atoms with E-state index in [1.165, 1.54) is 0 Å². The van der Waals surface area contributed by atoms with Gasteiger partial charge in [0.1, 0.15) is 0 Å². The first-order valence-electron chi connectivity index (χ1n) is 10.8. The van der Waals surface area contributed by atoms with Crippen LogP contribution in [-0.2, 0) is 9.59 Å². The Bertz CT molecular complexity index is 1210. The Balaban J connectivity index is 1.50. The van der Waals surface area contributed by atoms with E-state index in [0.717, 1.165) is 46.0 Å². The van der Waals surface area contributed by atoms with E-state index in [-0.39, 0.29) is 24.3 Å². The standard InChI is InChI=1S/C26H27N3O3/c1-15-10-16(2)24(17(3)11-15)29-23(30)14-27-26(32)21-12-19-6-4-5-7-20(19)13-22(21)28-25(31)18-8-9-18/h4-7,10-13,18H,8-9,14H2,1-3H3,(H,27,32)(H,28,31)(H,29,30). The molecule has 32 heavy (non-hydrogen) atoms. The lowest BCUT2D eigenvalue weighted by molar-refractivity contribution is -0.117. The van der Waals surface area contributed by atoms with Gasteiger partial charge in [-0.1, -0.05) is 42.0 Å². The Morgan fingerprint density at radius 2 is 1.50 bits per heavy atom. The Morgan fingerprint density at radius 3 is 2.12 bits per heavy atom. The van der Waals surface area contributed by atoms with Gasteiger partial charge >= 0.3 is 0 Å². The maximum absolute atomic E-state index is 13.0. The fraction of sp³-hybridized carbons (Fsp3) is 0.269. The second kappa shape index (κ2) is 8.83. The number of benzene rings is 3. The van der Waals surface area contributed by atoms with Crippen LogP contribution in [-0.4, -0.2) is 24.3 Å². The van der Waals surface area contributed by atoms with Crippen molar-refractivity contribution in [3.8, 4) is 0 Å². The van der Waals surface area contributed by atoms with Crippen LogP contribution in [0, 0.1) is 26.7 Å². The molecule has 0 aromatic heterocycles. The van der Waals surface area contributed by atoms with Crippen molar-refractivity contribution >= 4 is 39.9 Å². The van der Waals surface area contributed by atoms with Crippen LogP contribution >= 0.6 is 0 Å². The molecule has 0 spiro atoms. The molecule has 3 aromatic carbocycles. The largest absolute Gasteiger partial charge is 0.343 e. The normalized spacial score (nSPS) is 13.0. The van der Waals surface area contributed by atoms with Gasteiger partial charge in [0.15, 0.2) is 0 Å². The van der Waals surface area contributed by atoms with Crippen molar-refractivity contribution in [2.24, 2.45) is 5.92 Å². The molecule has 0 saturated heterocycles. The van der Waals surface area contributed by atoms with E-state index in [0.29, 0.717) is 11.3 Å². The molecule has 1 saturated carbocycles. The van der Waals surface area contributed by atoms with Crippen LogP contribution in [0.3, 0.4) is 0 Å². The van der Waals surface area contributed by atoms with Gasteiger partial charge in [-0.05, 0) is 67.6 Å². The minimum atomic E-state index is -0.408. The third-order valence-electron chi connectivity index (χ3n) is 5.69. The third-order valence-corrected chi connectivity index (χ3v) is 5.69. The lowest BCUT2D eigenvalue weighted by Gasteiger charge is -2.15. The first kappa shape index (κ1) is 21.6. The number of anilines is 2. The fourth-order valence-corrected chi connectivity index (χ4v) is 3.93. The van der Waals surface area contributed by atoms with Crippen LogP contribution in [0.15, 0.2) is 48.5 Å². The first-order valence-corrected chi connectivity index (χ1v) is 10.8. The average molecular weight is 430 g/mol. The number of rotatable bonds is 6. The zero-order chi connectivity index (χ0) is 22.8. The number of fused-ring (bicyclic) bond motifs is 1. The summed E-state index contributed by atoms with van der Waals surface area (Å²) in [5.74, 6) is -0.770. The van der Waals surface area contributed by atoms with Gasteiger partial charge in [-0.2, -0.15) is 0 Å². The summed E-state index contributed by atoms with van der Waals surface area (Å²) in [6.45, 7) is 5.72. The van der Waals surface area contributed by atoms with Gasteiger partial charge in [-0.25, -0.2) is 0 Å².